The molecule has 0 bridgehead atoms. The second-order valence-corrected chi connectivity index (χ2v) is 8.96. The molecule has 2 heteroatoms. The van der Waals surface area contributed by atoms with Crippen molar-refractivity contribution in [3.05, 3.63) is 0 Å². The van der Waals surface area contributed by atoms with E-state index in [1.165, 1.54) is 13.1 Å². The van der Waals surface area contributed by atoms with Crippen LogP contribution in [0.5, 0.6) is 0 Å². The molecule has 10 heavy (non-hydrogen) atoms. The van der Waals surface area contributed by atoms with E-state index in [2.05, 4.69) is 5.32 Å². The lowest BCUT2D eigenvalue weighted by atomic mass is 10.4. The van der Waals surface area contributed by atoms with Gasteiger partial charge in [0.25, 0.3) is 0 Å². The van der Waals surface area contributed by atoms with Crippen LogP contribution < -0.4 is 5.32 Å². The Morgan fingerprint density at radius 3 is 2.00 bits per heavy atom. The summed E-state index contributed by atoms with van der Waals surface area (Å²) in [5, 5.41) is 3.47. The first kappa shape index (κ1) is 6.86. The van der Waals surface area contributed by atoms with E-state index in [-0.39, 0.29) is 0 Å². The second kappa shape index (κ2) is 2.66. The summed E-state index contributed by atoms with van der Waals surface area (Å²) < 4.78 is 0. The van der Waals surface area contributed by atoms with E-state index < -0.39 is 8.07 Å². The summed E-state index contributed by atoms with van der Waals surface area (Å²) in [6, 6.07) is 6.50. The first-order chi connectivity index (χ1) is 4.91. The van der Waals surface area contributed by atoms with E-state index in [1.54, 1.807) is 37.0 Å². The van der Waals surface area contributed by atoms with E-state index in [4.69, 9.17) is 0 Å². The quantitative estimate of drug-likeness (QED) is 0.526. The fraction of sp³-hybridized carbons (Fsp3) is 1.00. The molecule has 0 atom stereocenters. The van der Waals surface area contributed by atoms with Gasteiger partial charge in [0.05, 0.1) is 8.07 Å². The topological polar surface area (TPSA) is 12.0 Å². The Balaban J connectivity index is 1.98. The van der Waals surface area contributed by atoms with Gasteiger partial charge < -0.3 is 5.32 Å². The van der Waals surface area contributed by atoms with Crippen molar-refractivity contribution >= 4 is 8.07 Å². The molecule has 2 fully saturated rings. The molecule has 2 aliphatic heterocycles. The summed E-state index contributed by atoms with van der Waals surface area (Å²) in [7, 11) is -0.582. The molecule has 0 aromatic rings. The molecule has 1 N–H and O–H groups in total. The van der Waals surface area contributed by atoms with Crippen molar-refractivity contribution in [1.29, 1.82) is 0 Å². The van der Waals surface area contributed by atoms with Crippen molar-refractivity contribution in [2.24, 2.45) is 0 Å². The summed E-state index contributed by atoms with van der Waals surface area (Å²) >= 11 is 0. The zero-order valence-electron chi connectivity index (χ0n) is 6.66. The third kappa shape index (κ3) is 1.15. The van der Waals surface area contributed by atoms with E-state index in [9.17, 15) is 0 Å². The van der Waals surface area contributed by atoms with E-state index >= 15 is 0 Å². The molecule has 1 spiro atoms. The summed E-state index contributed by atoms with van der Waals surface area (Å²) in [4.78, 5) is 0. The van der Waals surface area contributed by atoms with E-state index in [1.807, 2.05) is 0 Å². The van der Waals surface area contributed by atoms with Gasteiger partial charge in [-0.25, -0.2) is 0 Å². The highest BCUT2D eigenvalue weighted by atomic mass is 28.3. The van der Waals surface area contributed by atoms with Gasteiger partial charge in [-0.3, -0.25) is 0 Å². The smallest absolute Gasteiger partial charge is 0.0560 e. The Labute approximate surface area is 64.2 Å². The Kier molecular flexibility index (Phi) is 1.83. The molecule has 0 amide bonds. The van der Waals surface area contributed by atoms with Crippen LogP contribution in [0.25, 0.3) is 0 Å². The number of hydrogen-bond acceptors (Lipinski definition) is 1. The van der Waals surface area contributed by atoms with Crippen molar-refractivity contribution in [1.82, 2.24) is 5.32 Å². The molecule has 0 aliphatic carbocycles. The minimum atomic E-state index is -0.582. The van der Waals surface area contributed by atoms with Crippen molar-refractivity contribution in [3.63, 3.8) is 0 Å². The first-order valence-electron chi connectivity index (χ1n) is 4.62. The summed E-state index contributed by atoms with van der Waals surface area (Å²) in [6.07, 6.45) is 3.12. The average molecular weight is 155 g/mol. The Morgan fingerprint density at radius 2 is 1.40 bits per heavy atom. The summed E-state index contributed by atoms with van der Waals surface area (Å²) in [5.41, 5.74) is 0. The molecule has 2 saturated heterocycles. The maximum absolute atomic E-state index is 3.47. The van der Waals surface area contributed by atoms with Crippen LogP contribution in [-0.2, 0) is 0 Å². The van der Waals surface area contributed by atoms with Crippen molar-refractivity contribution in [3.8, 4) is 0 Å². The van der Waals surface area contributed by atoms with E-state index in [0.29, 0.717) is 0 Å². The van der Waals surface area contributed by atoms with Gasteiger partial charge in [0.1, 0.15) is 0 Å². The van der Waals surface area contributed by atoms with Gasteiger partial charge in [0.2, 0.25) is 0 Å². The zero-order chi connectivity index (χ0) is 6.86. The van der Waals surface area contributed by atoms with Crippen LogP contribution in [0.4, 0.5) is 0 Å². The molecular weight excluding hydrogens is 138 g/mol. The minimum absolute atomic E-state index is 0.582. The highest BCUT2D eigenvalue weighted by molar-refractivity contribution is 6.80. The van der Waals surface area contributed by atoms with Gasteiger partial charge in [-0.05, 0) is 25.2 Å². The Hall–Kier alpha value is 0.177. The van der Waals surface area contributed by atoms with Crippen LogP contribution >= 0.6 is 0 Å². The SMILES string of the molecule is C1CC[Si]2(C1)CCNCC2. The number of rotatable bonds is 0. The van der Waals surface area contributed by atoms with Gasteiger partial charge in [-0.1, -0.05) is 24.9 Å². The van der Waals surface area contributed by atoms with Gasteiger partial charge in [0.15, 0.2) is 0 Å². The van der Waals surface area contributed by atoms with Crippen LogP contribution in [0.1, 0.15) is 12.8 Å². The predicted octanol–water partition coefficient (Wildman–Crippen LogP) is 1.83. The lowest BCUT2D eigenvalue weighted by molar-refractivity contribution is 0.707. The molecule has 0 unspecified atom stereocenters. The molecular formula is C8H17NSi. The standard InChI is InChI=1S/C8H17NSi/c1-2-6-10(5-1)7-3-9-4-8-10/h9H,1-8H2. The lowest BCUT2D eigenvalue weighted by Crippen LogP contribution is -2.42. The maximum atomic E-state index is 3.47. The third-order valence-electron chi connectivity index (χ3n) is 3.33. The van der Waals surface area contributed by atoms with Crippen molar-refractivity contribution in [2.75, 3.05) is 13.1 Å². The van der Waals surface area contributed by atoms with Crippen LogP contribution in [0.3, 0.4) is 0 Å². The largest absolute Gasteiger partial charge is 0.317 e. The fourth-order valence-electron chi connectivity index (χ4n) is 2.58. The molecule has 1 nitrogen and oxygen atoms in total. The monoisotopic (exact) mass is 155 g/mol. The molecule has 0 radical (unpaired) electrons. The van der Waals surface area contributed by atoms with Crippen LogP contribution in [0, 0.1) is 0 Å². The van der Waals surface area contributed by atoms with Crippen molar-refractivity contribution < 1.29 is 0 Å². The molecule has 0 aromatic carbocycles. The molecule has 0 saturated carbocycles. The van der Waals surface area contributed by atoms with Crippen LogP contribution in [-0.4, -0.2) is 21.2 Å². The van der Waals surface area contributed by atoms with Crippen LogP contribution in [0.2, 0.25) is 24.2 Å². The number of nitrogens with one attached hydrogen (secondary N) is 1. The molecule has 2 aliphatic rings. The highest BCUT2D eigenvalue weighted by Gasteiger charge is 2.36. The van der Waals surface area contributed by atoms with Crippen LogP contribution in [0.15, 0.2) is 0 Å². The molecule has 2 rings (SSSR count). The maximum Gasteiger partial charge on any atom is 0.0560 e. The Morgan fingerprint density at radius 1 is 0.800 bits per heavy atom. The second-order valence-electron chi connectivity index (χ2n) is 3.96. The molecule has 0 aromatic heterocycles. The van der Waals surface area contributed by atoms with Crippen molar-refractivity contribution in [2.45, 2.75) is 37.0 Å². The Bertz CT molecular complexity index is 110. The van der Waals surface area contributed by atoms with Gasteiger partial charge in [0, 0.05) is 0 Å². The highest BCUT2D eigenvalue weighted by Crippen LogP contribution is 2.37. The van der Waals surface area contributed by atoms with E-state index in [0.717, 1.165) is 0 Å². The van der Waals surface area contributed by atoms with Gasteiger partial charge in [-0.2, -0.15) is 0 Å². The normalized spacial score (nSPS) is 31.2. The molecule has 58 valence electrons. The lowest BCUT2D eigenvalue weighted by Gasteiger charge is -2.31. The predicted molar refractivity (Wildman–Crippen MR) is 47.1 cm³/mol. The zero-order valence-corrected chi connectivity index (χ0v) is 7.66. The summed E-state index contributed by atoms with van der Waals surface area (Å²) in [6.45, 7) is 2.68. The average Bonchev–Trinajstić information content (AvgIpc) is 2.39. The third-order valence-corrected chi connectivity index (χ3v) is 8.78. The fourth-order valence-corrected chi connectivity index (χ4v) is 7.50. The number of hydrogen-bond donors (Lipinski definition) is 1. The first-order valence-corrected chi connectivity index (χ1v) is 7.45. The summed E-state index contributed by atoms with van der Waals surface area (Å²) in [5.74, 6) is 0. The minimum Gasteiger partial charge on any atom is -0.317 e. The molecule has 2 heterocycles. The van der Waals surface area contributed by atoms with Gasteiger partial charge in [-0.15, -0.1) is 0 Å². The van der Waals surface area contributed by atoms with Gasteiger partial charge >= 0.3 is 0 Å².